The highest BCUT2D eigenvalue weighted by Crippen LogP contribution is 2.47. The fourth-order valence-corrected chi connectivity index (χ4v) is 2.76. The summed E-state index contributed by atoms with van der Waals surface area (Å²) in [6, 6.07) is 8.45. The molecule has 0 spiro atoms. The summed E-state index contributed by atoms with van der Waals surface area (Å²) < 4.78 is 0. The molecule has 0 N–H and O–H groups in total. The van der Waals surface area contributed by atoms with Crippen LogP contribution in [0.25, 0.3) is 0 Å². The Bertz CT molecular complexity index is 500. The van der Waals surface area contributed by atoms with Crippen molar-refractivity contribution in [3.05, 3.63) is 41.6 Å². The highest BCUT2D eigenvalue weighted by molar-refractivity contribution is 5.90. The average molecular weight is 243 g/mol. The Balaban J connectivity index is 2.59. The maximum Gasteiger partial charge on any atom is 0.154 e. The number of carbonyl (C=O) groups excluding carboxylic acids is 1. The maximum absolute atomic E-state index is 11.5. The van der Waals surface area contributed by atoms with Crippen molar-refractivity contribution in [2.24, 2.45) is 0 Å². The van der Waals surface area contributed by atoms with E-state index in [1.807, 2.05) is 0 Å². The molecule has 1 aliphatic heterocycles. The molecule has 0 aromatic heterocycles. The smallest absolute Gasteiger partial charge is 0.154 e. The first kappa shape index (κ1) is 12.9. The summed E-state index contributed by atoms with van der Waals surface area (Å²) in [6.07, 6.45) is 2.86. The summed E-state index contributed by atoms with van der Waals surface area (Å²) >= 11 is 0. The highest BCUT2D eigenvalue weighted by atomic mass is 16.1. The number of hydrogen-bond acceptors (Lipinski definition) is 2. The second kappa shape index (κ2) is 4.60. The molecule has 1 aliphatic rings. The fourth-order valence-electron chi connectivity index (χ4n) is 2.76. The van der Waals surface area contributed by atoms with Crippen LogP contribution in [-0.2, 0) is 10.2 Å². The van der Waals surface area contributed by atoms with E-state index < -0.39 is 0 Å². The van der Waals surface area contributed by atoms with Crippen molar-refractivity contribution >= 4 is 11.5 Å². The third-order valence-electron chi connectivity index (χ3n) is 3.59. The Labute approximate surface area is 109 Å². The monoisotopic (exact) mass is 243 g/mol. The molecule has 0 amide bonds. The molecule has 2 nitrogen and oxygen atoms in total. The lowest BCUT2D eigenvalue weighted by atomic mass is 9.83. The standard InChI is InChI=1S/C16H21NO/c1-5-10-17-14-9-7-6-8-13(14)16(3,4)15(17)11-12(2)18/h6-9,11H,5,10H2,1-4H3/b15-11+. The van der Waals surface area contributed by atoms with Crippen LogP contribution in [0.15, 0.2) is 36.0 Å². The van der Waals surface area contributed by atoms with E-state index in [2.05, 4.69) is 49.9 Å². The number of anilines is 1. The lowest BCUT2D eigenvalue weighted by molar-refractivity contribution is -0.112. The average Bonchev–Trinajstić information content (AvgIpc) is 2.51. The molecule has 96 valence electrons. The van der Waals surface area contributed by atoms with E-state index in [0.717, 1.165) is 18.7 Å². The third kappa shape index (κ3) is 1.96. The van der Waals surface area contributed by atoms with Gasteiger partial charge in [-0.15, -0.1) is 0 Å². The Morgan fingerprint density at radius 1 is 1.33 bits per heavy atom. The largest absolute Gasteiger partial charge is 0.344 e. The Morgan fingerprint density at radius 2 is 2.00 bits per heavy atom. The van der Waals surface area contributed by atoms with Crippen LogP contribution in [0.4, 0.5) is 5.69 Å². The van der Waals surface area contributed by atoms with Crippen LogP contribution >= 0.6 is 0 Å². The summed E-state index contributed by atoms with van der Waals surface area (Å²) in [5, 5.41) is 0. The molecular weight excluding hydrogens is 222 g/mol. The molecule has 2 heteroatoms. The van der Waals surface area contributed by atoms with Gasteiger partial charge in [0.05, 0.1) is 0 Å². The summed E-state index contributed by atoms with van der Waals surface area (Å²) in [5.41, 5.74) is 3.60. The van der Waals surface area contributed by atoms with Gasteiger partial charge in [-0.25, -0.2) is 0 Å². The summed E-state index contributed by atoms with van der Waals surface area (Å²) in [4.78, 5) is 13.8. The molecule has 2 rings (SSSR count). The van der Waals surface area contributed by atoms with Gasteiger partial charge in [0.25, 0.3) is 0 Å². The van der Waals surface area contributed by atoms with Crippen molar-refractivity contribution in [3.8, 4) is 0 Å². The Hall–Kier alpha value is -1.57. The molecule has 18 heavy (non-hydrogen) atoms. The predicted octanol–water partition coefficient (Wildman–Crippen LogP) is 3.67. The topological polar surface area (TPSA) is 20.3 Å². The number of para-hydroxylation sites is 1. The quantitative estimate of drug-likeness (QED) is 0.755. The van der Waals surface area contributed by atoms with Crippen molar-refractivity contribution in [2.45, 2.75) is 39.5 Å². The number of carbonyl (C=O) groups is 1. The van der Waals surface area contributed by atoms with Crippen LogP contribution < -0.4 is 4.90 Å². The maximum atomic E-state index is 11.5. The first-order valence-corrected chi connectivity index (χ1v) is 6.58. The van der Waals surface area contributed by atoms with Gasteiger partial charge in [0, 0.05) is 29.4 Å². The molecular formula is C16H21NO. The van der Waals surface area contributed by atoms with Crippen molar-refractivity contribution in [3.63, 3.8) is 0 Å². The van der Waals surface area contributed by atoms with Gasteiger partial charge in [0.2, 0.25) is 0 Å². The fraction of sp³-hybridized carbons (Fsp3) is 0.438. The number of allylic oxidation sites excluding steroid dienone is 2. The van der Waals surface area contributed by atoms with Crippen LogP contribution in [0.5, 0.6) is 0 Å². The second-order valence-corrected chi connectivity index (χ2v) is 5.43. The van der Waals surface area contributed by atoms with Gasteiger partial charge in [-0.1, -0.05) is 39.0 Å². The molecule has 0 fully saturated rings. The Kier molecular flexibility index (Phi) is 3.29. The van der Waals surface area contributed by atoms with E-state index in [-0.39, 0.29) is 11.2 Å². The van der Waals surface area contributed by atoms with Crippen LogP contribution in [0, 0.1) is 0 Å². The summed E-state index contributed by atoms with van der Waals surface area (Å²) in [7, 11) is 0. The van der Waals surface area contributed by atoms with Gasteiger partial charge < -0.3 is 4.90 Å². The van der Waals surface area contributed by atoms with Crippen molar-refractivity contribution in [1.29, 1.82) is 0 Å². The van der Waals surface area contributed by atoms with Gasteiger partial charge in [-0.3, -0.25) is 4.79 Å². The van der Waals surface area contributed by atoms with Crippen LogP contribution in [-0.4, -0.2) is 12.3 Å². The van der Waals surface area contributed by atoms with Crippen molar-refractivity contribution in [1.82, 2.24) is 0 Å². The van der Waals surface area contributed by atoms with Gasteiger partial charge >= 0.3 is 0 Å². The molecule has 0 bridgehead atoms. The van der Waals surface area contributed by atoms with Crippen LogP contribution in [0.1, 0.15) is 39.7 Å². The lowest BCUT2D eigenvalue weighted by Gasteiger charge is -2.26. The van der Waals surface area contributed by atoms with Crippen molar-refractivity contribution in [2.75, 3.05) is 11.4 Å². The minimum Gasteiger partial charge on any atom is -0.344 e. The van der Waals surface area contributed by atoms with E-state index in [9.17, 15) is 4.79 Å². The van der Waals surface area contributed by atoms with Gasteiger partial charge in [-0.2, -0.15) is 0 Å². The van der Waals surface area contributed by atoms with Crippen LogP contribution in [0.2, 0.25) is 0 Å². The van der Waals surface area contributed by atoms with E-state index >= 15 is 0 Å². The minimum atomic E-state index is -0.0859. The second-order valence-electron chi connectivity index (χ2n) is 5.43. The zero-order valence-electron chi connectivity index (χ0n) is 11.7. The number of ketones is 1. The van der Waals surface area contributed by atoms with Crippen LogP contribution in [0.3, 0.4) is 0 Å². The molecule has 0 atom stereocenters. The summed E-state index contributed by atoms with van der Waals surface area (Å²) in [6.45, 7) is 9.13. The SMILES string of the molecule is CCCN1/C(=C/C(C)=O)C(C)(C)c2ccccc21. The minimum absolute atomic E-state index is 0.0859. The van der Waals surface area contributed by atoms with Gasteiger partial charge in [0.1, 0.15) is 0 Å². The highest BCUT2D eigenvalue weighted by Gasteiger charge is 2.39. The first-order valence-electron chi connectivity index (χ1n) is 6.58. The summed E-state index contributed by atoms with van der Waals surface area (Å²) in [5.74, 6) is 0.118. The zero-order chi connectivity index (χ0) is 13.3. The van der Waals surface area contributed by atoms with E-state index in [4.69, 9.17) is 0 Å². The zero-order valence-corrected chi connectivity index (χ0v) is 11.7. The molecule has 0 saturated carbocycles. The molecule has 1 aromatic carbocycles. The number of benzene rings is 1. The van der Waals surface area contributed by atoms with Crippen molar-refractivity contribution < 1.29 is 4.79 Å². The van der Waals surface area contributed by atoms with E-state index in [0.29, 0.717) is 0 Å². The Morgan fingerprint density at radius 3 is 2.61 bits per heavy atom. The molecule has 0 saturated heterocycles. The molecule has 0 radical (unpaired) electrons. The number of hydrogen-bond donors (Lipinski definition) is 0. The molecule has 0 unspecified atom stereocenters. The lowest BCUT2D eigenvalue weighted by Crippen LogP contribution is -2.27. The number of nitrogens with zero attached hydrogens (tertiary/aromatic N) is 1. The molecule has 1 aromatic rings. The number of fused-ring (bicyclic) bond motifs is 1. The van der Waals surface area contributed by atoms with Gasteiger partial charge in [0.15, 0.2) is 5.78 Å². The van der Waals surface area contributed by atoms with E-state index in [1.54, 1.807) is 13.0 Å². The predicted molar refractivity (Wildman–Crippen MR) is 75.9 cm³/mol. The normalized spacial score (nSPS) is 19.1. The van der Waals surface area contributed by atoms with E-state index in [1.165, 1.54) is 11.3 Å². The first-order chi connectivity index (χ1) is 8.48. The molecule has 1 heterocycles. The van der Waals surface area contributed by atoms with Gasteiger partial charge in [-0.05, 0) is 25.0 Å². The number of rotatable bonds is 3. The molecule has 0 aliphatic carbocycles. The third-order valence-corrected chi connectivity index (χ3v) is 3.59.